The molecule has 0 radical (unpaired) electrons. The molecule has 3 N–H and O–H groups in total. The maximum atomic E-state index is 12.0. The van der Waals surface area contributed by atoms with Gasteiger partial charge < -0.3 is 25.1 Å². The Morgan fingerprint density at radius 2 is 2.00 bits per heavy atom. The minimum atomic E-state index is -0.141. The first kappa shape index (κ1) is 24.7. The molecule has 1 aromatic heterocycles. The summed E-state index contributed by atoms with van der Waals surface area (Å²) in [5, 5.41) is 9.38. The number of rotatable bonds is 9. The minimum absolute atomic E-state index is 0. The molecule has 8 nitrogen and oxygen atoms in total. The Balaban J connectivity index is 0.00000392. The lowest BCUT2D eigenvalue weighted by molar-refractivity contribution is -0.119. The number of guanidine groups is 1. The molecule has 1 aliphatic heterocycles. The zero-order chi connectivity index (χ0) is 19.5. The van der Waals surface area contributed by atoms with Gasteiger partial charge in [0.15, 0.2) is 5.96 Å². The molecule has 0 aromatic carbocycles. The molecule has 1 fully saturated rings. The summed E-state index contributed by atoms with van der Waals surface area (Å²) in [7, 11) is 0. The molecule has 9 heteroatoms. The van der Waals surface area contributed by atoms with Crippen LogP contribution in [0.15, 0.2) is 27.8 Å². The molecule has 0 spiro atoms. The number of furan rings is 1. The summed E-state index contributed by atoms with van der Waals surface area (Å²) >= 11 is 0. The van der Waals surface area contributed by atoms with E-state index in [1.165, 1.54) is 0 Å². The molecule has 1 amide bonds. The summed E-state index contributed by atoms with van der Waals surface area (Å²) in [5.74, 6) is 1.75. The predicted molar refractivity (Wildman–Crippen MR) is 121 cm³/mol. The number of nitrogens with one attached hydrogen (secondary N) is 3. The summed E-state index contributed by atoms with van der Waals surface area (Å²) in [6.45, 7) is 11.9. The second kappa shape index (κ2) is 13.8. The van der Waals surface area contributed by atoms with Crippen LogP contribution in [-0.4, -0.2) is 68.7 Å². The van der Waals surface area contributed by atoms with Gasteiger partial charge in [-0.1, -0.05) is 13.8 Å². The van der Waals surface area contributed by atoms with Crippen molar-refractivity contribution in [1.82, 2.24) is 20.9 Å². The van der Waals surface area contributed by atoms with Gasteiger partial charge in [0.25, 0.3) is 0 Å². The predicted octanol–water partition coefficient (Wildman–Crippen LogP) is 1.43. The Labute approximate surface area is 184 Å². The Morgan fingerprint density at radius 1 is 1.25 bits per heavy atom. The Kier molecular flexibility index (Phi) is 12.2. The van der Waals surface area contributed by atoms with Gasteiger partial charge in [-0.2, -0.15) is 0 Å². The fourth-order valence-corrected chi connectivity index (χ4v) is 3.04. The fourth-order valence-electron chi connectivity index (χ4n) is 3.04. The number of amides is 1. The van der Waals surface area contributed by atoms with E-state index in [-0.39, 0.29) is 36.4 Å². The number of hydrogen-bond donors (Lipinski definition) is 3. The fraction of sp³-hybridized carbons (Fsp3) is 0.684. The van der Waals surface area contributed by atoms with E-state index < -0.39 is 0 Å². The highest BCUT2D eigenvalue weighted by Gasteiger charge is 2.23. The third-order valence-corrected chi connectivity index (χ3v) is 4.53. The first-order chi connectivity index (χ1) is 13.1. The highest BCUT2D eigenvalue weighted by molar-refractivity contribution is 14.0. The molecule has 2 rings (SSSR count). The molecule has 0 aliphatic carbocycles. The Bertz CT molecular complexity index is 574. The average Bonchev–Trinajstić information content (AvgIpc) is 3.18. The molecule has 2 heterocycles. The molecule has 1 atom stereocenters. The SMILES string of the molecule is CCNC(=NCC(=O)NCc1ccco1)NCC(C(C)C)N1CCOCC1.I. The van der Waals surface area contributed by atoms with Gasteiger partial charge in [-0.15, -0.1) is 24.0 Å². The molecule has 1 aliphatic rings. The topological polar surface area (TPSA) is 91.1 Å². The molecule has 160 valence electrons. The quantitative estimate of drug-likeness (QED) is 0.266. The maximum Gasteiger partial charge on any atom is 0.242 e. The van der Waals surface area contributed by atoms with Crippen LogP contribution in [0.4, 0.5) is 0 Å². The lowest BCUT2D eigenvalue weighted by Gasteiger charge is -2.37. The molecular formula is C19H34IN5O3. The molecule has 1 unspecified atom stereocenters. The van der Waals surface area contributed by atoms with E-state index in [4.69, 9.17) is 9.15 Å². The van der Waals surface area contributed by atoms with E-state index in [2.05, 4.69) is 39.7 Å². The second-order valence-corrected chi connectivity index (χ2v) is 6.89. The summed E-state index contributed by atoms with van der Waals surface area (Å²) < 4.78 is 10.7. The van der Waals surface area contributed by atoms with Gasteiger partial charge in [-0.3, -0.25) is 9.69 Å². The van der Waals surface area contributed by atoms with Crippen LogP contribution in [0, 0.1) is 5.92 Å². The van der Waals surface area contributed by atoms with Crippen LogP contribution >= 0.6 is 24.0 Å². The first-order valence-electron chi connectivity index (χ1n) is 9.73. The molecule has 1 saturated heterocycles. The minimum Gasteiger partial charge on any atom is -0.467 e. The highest BCUT2D eigenvalue weighted by Crippen LogP contribution is 2.12. The van der Waals surface area contributed by atoms with E-state index in [0.29, 0.717) is 24.5 Å². The number of nitrogens with zero attached hydrogens (tertiary/aromatic N) is 2. The number of aliphatic imine (C=N–C) groups is 1. The van der Waals surface area contributed by atoms with E-state index in [1.54, 1.807) is 12.3 Å². The number of morpholine rings is 1. The molecular weight excluding hydrogens is 473 g/mol. The van der Waals surface area contributed by atoms with Crippen molar-refractivity contribution in [3.05, 3.63) is 24.2 Å². The highest BCUT2D eigenvalue weighted by atomic mass is 127. The lowest BCUT2D eigenvalue weighted by Crippen LogP contribution is -2.52. The van der Waals surface area contributed by atoms with Crippen LogP contribution in [0.5, 0.6) is 0 Å². The average molecular weight is 507 g/mol. The van der Waals surface area contributed by atoms with Gasteiger partial charge in [-0.05, 0) is 25.0 Å². The van der Waals surface area contributed by atoms with Gasteiger partial charge >= 0.3 is 0 Å². The standard InChI is InChI=1S/C19H33N5O3.HI/c1-4-20-19(23-14-18(25)21-12-16-6-5-9-27-16)22-13-17(15(2)3)24-7-10-26-11-8-24;/h5-6,9,15,17H,4,7-8,10-14H2,1-3H3,(H,21,25)(H2,20,22,23);1H. The molecule has 1 aromatic rings. The Hall–Kier alpha value is -1.33. The lowest BCUT2D eigenvalue weighted by atomic mass is 10.0. The van der Waals surface area contributed by atoms with Crippen LogP contribution in [0.2, 0.25) is 0 Å². The van der Waals surface area contributed by atoms with Crippen molar-refractivity contribution in [1.29, 1.82) is 0 Å². The molecule has 0 saturated carbocycles. The van der Waals surface area contributed by atoms with Crippen LogP contribution < -0.4 is 16.0 Å². The number of hydrogen-bond acceptors (Lipinski definition) is 5. The van der Waals surface area contributed by atoms with Gasteiger partial charge in [0.1, 0.15) is 12.3 Å². The van der Waals surface area contributed by atoms with Crippen LogP contribution in [0.25, 0.3) is 0 Å². The van der Waals surface area contributed by atoms with Gasteiger partial charge in [0.2, 0.25) is 5.91 Å². The van der Waals surface area contributed by atoms with E-state index in [0.717, 1.165) is 45.2 Å². The van der Waals surface area contributed by atoms with Crippen molar-refractivity contribution in [2.45, 2.75) is 33.4 Å². The van der Waals surface area contributed by atoms with Crippen molar-refractivity contribution < 1.29 is 13.9 Å². The zero-order valence-corrected chi connectivity index (χ0v) is 19.4. The number of halogens is 1. The van der Waals surface area contributed by atoms with Crippen LogP contribution in [0.1, 0.15) is 26.5 Å². The number of carbonyl (C=O) groups excluding carboxylic acids is 1. The Morgan fingerprint density at radius 3 is 2.61 bits per heavy atom. The van der Waals surface area contributed by atoms with Crippen molar-refractivity contribution in [3.63, 3.8) is 0 Å². The maximum absolute atomic E-state index is 12.0. The summed E-state index contributed by atoms with van der Waals surface area (Å²) in [6, 6.07) is 4.02. The first-order valence-corrected chi connectivity index (χ1v) is 9.73. The van der Waals surface area contributed by atoms with Gasteiger partial charge in [-0.25, -0.2) is 4.99 Å². The normalized spacial score (nSPS) is 16.4. The molecule has 28 heavy (non-hydrogen) atoms. The van der Waals surface area contributed by atoms with Crippen molar-refractivity contribution in [2.75, 3.05) is 45.9 Å². The summed E-state index contributed by atoms with van der Waals surface area (Å²) in [5.41, 5.74) is 0. The third kappa shape index (κ3) is 8.78. The second-order valence-electron chi connectivity index (χ2n) is 6.89. The van der Waals surface area contributed by atoms with Gasteiger partial charge in [0, 0.05) is 32.2 Å². The van der Waals surface area contributed by atoms with Crippen LogP contribution in [0.3, 0.4) is 0 Å². The monoisotopic (exact) mass is 507 g/mol. The number of ether oxygens (including phenoxy) is 1. The van der Waals surface area contributed by atoms with E-state index >= 15 is 0 Å². The van der Waals surface area contributed by atoms with Crippen molar-refractivity contribution in [2.24, 2.45) is 10.9 Å². The van der Waals surface area contributed by atoms with Gasteiger partial charge in [0.05, 0.1) is 26.0 Å². The van der Waals surface area contributed by atoms with Crippen LogP contribution in [-0.2, 0) is 16.1 Å². The number of carbonyl (C=O) groups is 1. The summed E-state index contributed by atoms with van der Waals surface area (Å²) in [4.78, 5) is 18.9. The van der Waals surface area contributed by atoms with Crippen molar-refractivity contribution >= 4 is 35.8 Å². The smallest absolute Gasteiger partial charge is 0.242 e. The van der Waals surface area contributed by atoms with E-state index in [9.17, 15) is 4.79 Å². The van der Waals surface area contributed by atoms with E-state index in [1.807, 2.05) is 13.0 Å². The van der Waals surface area contributed by atoms with Crippen molar-refractivity contribution in [3.8, 4) is 0 Å². The summed E-state index contributed by atoms with van der Waals surface area (Å²) in [6.07, 6.45) is 1.59. The third-order valence-electron chi connectivity index (χ3n) is 4.53. The molecule has 0 bridgehead atoms. The zero-order valence-electron chi connectivity index (χ0n) is 17.1. The largest absolute Gasteiger partial charge is 0.467 e.